The molecule has 2 amide bonds. The normalized spacial score (nSPS) is 12.2. The second kappa shape index (κ2) is 27.0. The summed E-state index contributed by atoms with van der Waals surface area (Å²) < 4.78 is 18.3. The standard InChI is InChI=1S/2C14H12N6O4.2C13H9N5O5.2CH5N/c1-15-14(21)8-3-2-4-9(7-8)18-16-12-10(19(18)22)5-6-11-13(12)17-24-20(11)23;1-15-14(21)8-4-2-3-5-9(8)18-16-12-10(19(18)22)6-7-11-13(12)17-24-20(11)23;19-13(20)7-2-1-3-8(6-7)16-14-11-9(17(16)21)4-5-10-12(11)15-23-18(10)22;19-13(20)7-3-1-2-4-8(7)16-14-11-9(17(16)21)5-6-10-12(11)15-23-18(10)22;2*1-2/h2-4,7H,5-6H2,1H3,(H,15,21);2-5H,6-7H2,1H3,(H,15,21);1-3,6H,4-5H2,(H,19,20);1-4H,5-6H2,(H,19,20);2*2H2,1H3. The summed E-state index contributed by atoms with van der Waals surface area (Å²) in [4.78, 5) is 54.0. The van der Waals surface area contributed by atoms with Crippen LogP contribution < -0.4 is 61.1 Å². The average Bonchev–Trinajstić information content (AvgIpc) is 1.63. The minimum absolute atomic E-state index is 0.0375. The van der Waals surface area contributed by atoms with E-state index in [4.69, 9.17) is 5.11 Å². The number of para-hydroxylation sites is 2. The molecule has 8 heterocycles. The van der Waals surface area contributed by atoms with Crippen molar-refractivity contribution in [3.63, 3.8) is 0 Å². The molecule has 4 aliphatic carbocycles. The SMILES string of the molecule is CN.CN.CNC(=O)c1cccc(-n2nc3c([n+]2[O-])CCc2c-3no[n+]2[O-])c1.CNC(=O)c1ccccc1-n1nc2c([n+]1[O-])CCc1c-2no[n+]1[O-].O=C(O)c1cccc(-n2nc3c([n+]2[O-])CCc2c-3no[n+]2[O-])c1.O=C(O)c1ccccc1-n1nc2c([n+]1[O-])CCc1c-2no[n+]1[O-]. The number of fused-ring (bicyclic) bond motifs is 12. The molecule has 16 rings (SSSR count). The van der Waals surface area contributed by atoms with Gasteiger partial charge in [0.1, 0.15) is 22.7 Å². The molecule has 0 fully saturated rings. The van der Waals surface area contributed by atoms with Crippen LogP contribution in [0.2, 0.25) is 0 Å². The van der Waals surface area contributed by atoms with Crippen molar-refractivity contribution in [1.82, 2.24) is 70.8 Å². The Balaban J connectivity index is 0.000000130. The number of nitrogens with two attached hydrogens (primary N) is 2. The van der Waals surface area contributed by atoms with E-state index in [9.17, 15) is 65.9 Å². The molecular formula is C56H52N24O18. The first kappa shape index (κ1) is 65.7. The Morgan fingerprint density at radius 1 is 0.388 bits per heavy atom. The van der Waals surface area contributed by atoms with Crippen molar-refractivity contribution in [1.29, 1.82) is 0 Å². The van der Waals surface area contributed by atoms with Crippen molar-refractivity contribution < 1.29 is 86.9 Å². The Hall–Kier alpha value is -13.8. The molecule has 4 aliphatic rings. The largest absolute Gasteiger partial charge is 0.692 e. The molecule has 0 saturated heterocycles. The highest BCUT2D eigenvalue weighted by Crippen LogP contribution is 2.32. The van der Waals surface area contributed by atoms with Crippen molar-refractivity contribution >= 4 is 23.8 Å². The lowest BCUT2D eigenvalue weighted by Gasteiger charge is -2.10. The van der Waals surface area contributed by atoms with E-state index >= 15 is 0 Å². The highest BCUT2D eigenvalue weighted by atomic mass is 16.8. The number of carbonyl (C=O) groups excluding carboxylic acids is 2. The van der Waals surface area contributed by atoms with Gasteiger partial charge in [-0.2, -0.15) is 0 Å². The Kier molecular flexibility index (Phi) is 18.1. The number of carbonyl (C=O) groups is 4. The Labute approximate surface area is 545 Å². The van der Waals surface area contributed by atoms with Gasteiger partial charge in [0.05, 0.1) is 57.7 Å². The Morgan fingerprint density at radius 2 is 0.694 bits per heavy atom. The molecule has 8 N–H and O–H groups in total. The number of nitrogens with one attached hydrogen (secondary N) is 2. The summed E-state index contributed by atoms with van der Waals surface area (Å²) >= 11 is 0. The number of aromatic carboxylic acids is 2. The van der Waals surface area contributed by atoms with Gasteiger partial charge in [-0.15, -0.1) is 19.4 Å². The van der Waals surface area contributed by atoms with Gasteiger partial charge in [0.2, 0.25) is 22.8 Å². The zero-order chi connectivity index (χ0) is 70.0. The van der Waals surface area contributed by atoms with Gasteiger partial charge in [0.15, 0.2) is 22.8 Å². The fourth-order valence-electron chi connectivity index (χ4n) is 10.9. The summed E-state index contributed by atoms with van der Waals surface area (Å²) in [5.74, 6) is -2.88. The van der Waals surface area contributed by atoms with Gasteiger partial charge in [-0.05, 0) is 114 Å². The van der Waals surface area contributed by atoms with E-state index in [-0.39, 0.29) is 79.8 Å². The zero-order valence-corrected chi connectivity index (χ0v) is 51.4. The first-order valence-corrected chi connectivity index (χ1v) is 29.0. The lowest BCUT2D eigenvalue weighted by molar-refractivity contribution is -0.808. The fraction of sp³-hybridized carbons (Fsp3) is 0.214. The molecule has 0 radical (unpaired) electrons. The third-order valence-corrected chi connectivity index (χ3v) is 15.4. The Bertz CT molecular complexity index is 5060. The maximum absolute atomic E-state index is 12.6. The van der Waals surface area contributed by atoms with Gasteiger partial charge in [0, 0.05) is 71.0 Å². The fourth-order valence-corrected chi connectivity index (χ4v) is 10.9. The summed E-state index contributed by atoms with van der Waals surface area (Å²) in [7, 11) is 6.03. The minimum Gasteiger partial charge on any atom is -0.692 e. The van der Waals surface area contributed by atoms with Crippen LogP contribution >= 0.6 is 0 Å². The third kappa shape index (κ3) is 11.6. The topological polar surface area (TPSA) is 576 Å². The van der Waals surface area contributed by atoms with E-state index < -0.39 is 11.9 Å². The molecule has 12 aromatic rings. The lowest BCUT2D eigenvalue weighted by Crippen LogP contribution is -2.42. The van der Waals surface area contributed by atoms with Crippen LogP contribution in [0.3, 0.4) is 0 Å². The van der Waals surface area contributed by atoms with Crippen LogP contribution in [0.5, 0.6) is 0 Å². The predicted molar refractivity (Wildman–Crippen MR) is 318 cm³/mol. The van der Waals surface area contributed by atoms with Crippen LogP contribution in [0, 0.1) is 41.7 Å². The molecule has 4 aromatic carbocycles. The first-order valence-electron chi connectivity index (χ1n) is 29.0. The molecule has 0 bridgehead atoms. The molecule has 0 aliphatic heterocycles. The van der Waals surface area contributed by atoms with Crippen molar-refractivity contribution in [2.45, 2.75) is 51.4 Å². The van der Waals surface area contributed by atoms with E-state index in [1.807, 2.05) is 0 Å². The molecule has 0 spiro atoms. The summed E-state index contributed by atoms with van der Waals surface area (Å²) in [5, 5.41) is 151. The number of nitrogens with zero attached hydrogens (tertiary/aromatic N) is 20. The van der Waals surface area contributed by atoms with Crippen LogP contribution in [0.25, 0.3) is 68.3 Å². The second-order valence-electron chi connectivity index (χ2n) is 20.6. The Morgan fingerprint density at radius 3 is 1.05 bits per heavy atom. The number of hydrogen-bond donors (Lipinski definition) is 6. The molecule has 42 heteroatoms. The highest BCUT2D eigenvalue weighted by Gasteiger charge is 2.43. The summed E-state index contributed by atoms with van der Waals surface area (Å²) in [6.07, 6.45) is 2.57. The third-order valence-electron chi connectivity index (χ3n) is 15.4. The van der Waals surface area contributed by atoms with Gasteiger partial charge < -0.3 is 74.0 Å². The number of benzene rings is 4. The van der Waals surface area contributed by atoms with E-state index in [2.05, 4.69) is 81.6 Å². The monoisotopic (exact) mass is 1350 g/mol. The van der Waals surface area contributed by atoms with Crippen molar-refractivity contribution in [3.05, 3.63) is 207 Å². The summed E-state index contributed by atoms with van der Waals surface area (Å²) in [6.45, 7) is 0. The van der Waals surface area contributed by atoms with E-state index in [0.717, 1.165) is 19.2 Å². The molecular weight excluding hydrogens is 1300 g/mol. The number of hydrogen-bond acceptors (Lipinski definition) is 26. The molecule has 42 nitrogen and oxygen atoms in total. The summed E-state index contributed by atoms with van der Waals surface area (Å²) in [6, 6.07) is 25.0. The summed E-state index contributed by atoms with van der Waals surface area (Å²) in [5.41, 5.74) is 15.7. The lowest BCUT2D eigenvalue weighted by atomic mass is 10.0. The van der Waals surface area contributed by atoms with Crippen molar-refractivity contribution in [2.24, 2.45) is 11.5 Å². The smallest absolute Gasteiger partial charge is 0.338 e. The van der Waals surface area contributed by atoms with Crippen molar-refractivity contribution in [2.75, 3.05) is 28.2 Å². The van der Waals surface area contributed by atoms with E-state index in [1.165, 1.54) is 58.5 Å². The molecule has 98 heavy (non-hydrogen) atoms. The van der Waals surface area contributed by atoms with Gasteiger partial charge in [-0.1, -0.05) is 36.4 Å². The number of aromatic nitrogens is 20. The number of carboxylic acids is 2. The number of carboxylic acid groups (broad SMARTS) is 2. The highest BCUT2D eigenvalue weighted by molar-refractivity contribution is 5.97. The van der Waals surface area contributed by atoms with Crippen LogP contribution in [-0.2, 0) is 51.4 Å². The van der Waals surface area contributed by atoms with Gasteiger partial charge in [-0.25, -0.2) is 9.59 Å². The predicted octanol–water partition coefficient (Wildman–Crippen LogP) is -3.16. The number of rotatable bonds is 8. The first-order chi connectivity index (χ1) is 47.3. The maximum atomic E-state index is 12.6. The molecule has 0 atom stereocenters. The van der Waals surface area contributed by atoms with Crippen molar-refractivity contribution in [3.8, 4) is 68.3 Å². The average molecular weight is 1350 g/mol. The molecule has 0 saturated carbocycles. The molecule has 8 aromatic heterocycles. The quantitative estimate of drug-likeness (QED) is 0.0646. The zero-order valence-electron chi connectivity index (χ0n) is 51.4. The van der Waals surface area contributed by atoms with Gasteiger partial charge in [-0.3, -0.25) is 28.1 Å². The molecule has 504 valence electrons. The second-order valence-corrected chi connectivity index (χ2v) is 20.6. The minimum atomic E-state index is -1.17. The van der Waals surface area contributed by atoms with Crippen LogP contribution in [0.4, 0.5) is 0 Å². The van der Waals surface area contributed by atoms with Gasteiger partial charge >= 0.3 is 57.5 Å². The van der Waals surface area contributed by atoms with Crippen LogP contribution in [-0.4, -0.2) is 122 Å². The van der Waals surface area contributed by atoms with Crippen LogP contribution in [0.15, 0.2) is 116 Å². The number of amides is 2. The maximum Gasteiger partial charge on any atom is 0.338 e. The van der Waals surface area contributed by atoms with Gasteiger partial charge in [0.25, 0.3) is 11.8 Å². The van der Waals surface area contributed by atoms with Crippen LogP contribution in [0.1, 0.15) is 87.0 Å². The van der Waals surface area contributed by atoms with E-state index in [1.54, 1.807) is 66.7 Å². The molecule has 0 unspecified atom stereocenters. The van der Waals surface area contributed by atoms with E-state index in [0.29, 0.717) is 158 Å².